The lowest BCUT2D eigenvalue weighted by Crippen LogP contribution is -2.49. The number of anilines is 1. The number of primary amides is 1. The molecule has 0 atom stereocenters. The van der Waals surface area contributed by atoms with Crippen LogP contribution in [0.2, 0.25) is 0 Å². The van der Waals surface area contributed by atoms with E-state index in [1.54, 1.807) is 12.4 Å². The van der Waals surface area contributed by atoms with Crippen molar-refractivity contribution in [1.82, 2.24) is 19.9 Å². The molecule has 0 unspecified atom stereocenters. The Kier molecular flexibility index (Phi) is 5.52. The summed E-state index contributed by atoms with van der Waals surface area (Å²) in [4.78, 5) is 38.0. The third kappa shape index (κ3) is 4.78. The van der Waals surface area contributed by atoms with Crippen LogP contribution in [0.5, 0.6) is 0 Å². The van der Waals surface area contributed by atoms with Crippen molar-refractivity contribution in [3.05, 3.63) is 24.0 Å². The number of hydrogen-bond donors (Lipinski definition) is 2. The lowest BCUT2D eigenvalue weighted by atomic mass is 10.2. The van der Waals surface area contributed by atoms with Crippen molar-refractivity contribution in [3.63, 3.8) is 0 Å². The lowest BCUT2D eigenvalue weighted by molar-refractivity contribution is -0.149. The number of hydrogen-bond acceptors (Lipinski definition) is 5. The van der Waals surface area contributed by atoms with Gasteiger partial charge in [-0.1, -0.05) is 0 Å². The number of amides is 2. The molecule has 3 rings (SSSR count). The Balaban J connectivity index is 1.65. The van der Waals surface area contributed by atoms with Crippen LogP contribution in [0, 0.1) is 0 Å². The molecule has 11 heteroatoms. The summed E-state index contributed by atoms with van der Waals surface area (Å²) in [5.74, 6) is -0.490. The van der Waals surface area contributed by atoms with Crippen LogP contribution in [0.4, 0.5) is 19.0 Å². The fourth-order valence-electron chi connectivity index (χ4n) is 2.94. The number of nitrogens with two attached hydrogens (primary N) is 1. The summed E-state index contributed by atoms with van der Waals surface area (Å²) in [7, 11) is 0. The predicted molar refractivity (Wildman–Crippen MR) is 96.2 cm³/mol. The number of nitrogens with zero attached hydrogens (tertiary/aromatic N) is 4. The first-order valence-electron chi connectivity index (χ1n) is 8.64. The molecule has 2 aromatic rings. The first-order chi connectivity index (χ1) is 13.2. The number of nitrogens with one attached hydrogen (secondary N) is 1. The first-order valence-corrected chi connectivity index (χ1v) is 8.64. The van der Waals surface area contributed by atoms with Gasteiger partial charge in [0.05, 0.1) is 12.6 Å². The van der Waals surface area contributed by atoms with E-state index < -0.39 is 30.8 Å². The van der Waals surface area contributed by atoms with Crippen LogP contribution < -0.4 is 10.6 Å². The van der Waals surface area contributed by atoms with Crippen molar-refractivity contribution in [2.75, 3.05) is 31.1 Å². The smallest absolute Gasteiger partial charge is 0.366 e. The highest BCUT2D eigenvalue weighted by Gasteiger charge is 2.30. The second-order valence-electron chi connectivity index (χ2n) is 6.39. The van der Waals surface area contributed by atoms with E-state index in [1.165, 1.54) is 17.1 Å². The van der Waals surface area contributed by atoms with Crippen LogP contribution >= 0.6 is 0 Å². The number of alkyl halides is 3. The Morgan fingerprint density at radius 1 is 1.25 bits per heavy atom. The molecule has 0 aromatic carbocycles. The van der Waals surface area contributed by atoms with Crippen molar-refractivity contribution < 1.29 is 22.8 Å². The van der Waals surface area contributed by atoms with Crippen molar-refractivity contribution in [2.45, 2.75) is 19.0 Å². The van der Waals surface area contributed by atoms with Crippen LogP contribution in [-0.2, 0) is 9.59 Å². The topological polar surface area (TPSA) is 108 Å². The summed E-state index contributed by atoms with van der Waals surface area (Å²) in [6.07, 6.45) is 0.0308. The van der Waals surface area contributed by atoms with Gasteiger partial charge in [-0.3, -0.25) is 9.59 Å². The zero-order valence-electron chi connectivity index (χ0n) is 14.9. The molecule has 1 fully saturated rings. The summed E-state index contributed by atoms with van der Waals surface area (Å²) in [5, 5.41) is 0. The highest BCUT2D eigenvalue weighted by molar-refractivity contribution is 5.93. The van der Waals surface area contributed by atoms with E-state index in [0.29, 0.717) is 48.7 Å². The monoisotopic (exact) mass is 396 g/mol. The second-order valence-corrected chi connectivity index (χ2v) is 6.39. The maximum Gasteiger partial charge on any atom is 0.389 e. The number of H-pyrrole nitrogens is 1. The largest absolute Gasteiger partial charge is 0.389 e. The minimum atomic E-state index is -4.33. The highest BCUT2D eigenvalue weighted by atomic mass is 19.4. The summed E-state index contributed by atoms with van der Waals surface area (Å²) in [6, 6.07) is 0. The summed E-state index contributed by atoms with van der Waals surface area (Å²) < 4.78 is 36.8. The molecule has 0 radical (unpaired) electrons. The molecule has 1 saturated heterocycles. The maximum absolute atomic E-state index is 12.3. The molecule has 1 aliphatic heterocycles. The van der Waals surface area contributed by atoms with Gasteiger partial charge in [-0.15, -0.1) is 0 Å². The predicted octanol–water partition coefficient (Wildman–Crippen LogP) is 1.45. The minimum Gasteiger partial charge on any atom is -0.366 e. The SMILES string of the molecule is NC(=O)/C=C/c1c[nH]c2ncc(N3CCN(C(=O)CCC(F)(F)F)CC3)nc12. The summed E-state index contributed by atoms with van der Waals surface area (Å²) in [6.45, 7) is 1.51. The van der Waals surface area contributed by atoms with E-state index in [9.17, 15) is 22.8 Å². The van der Waals surface area contributed by atoms with Crippen molar-refractivity contribution in [3.8, 4) is 0 Å². The number of aromatic nitrogens is 3. The Morgan fingerprint density at radius 2 is 1.96 bits per heavy atom. The van der Waals surface area contributed by atoms with Gasteiger partial charge in [0.2, 0.25) is 11.8 Å². The summed E-state index contributed by atoms with van der Waals surface area (Å²) in [5.41, 5.74) is 6.88. The molecule has 2 aromatic heterocycles. The van der Waals surface area contributed by atoms with E-state index >= 15 is 0 Å². The van der Waals surface area contributed by atoms with Gasteiger partial charge in [0.25, 0.3) is 0 Å². The fraction of sp³-hybridized carbons (Fsp3) is 0.412. The van der Waals surface area contributed by atoms with Crippen LogP contribution in [0.15, 0.2) is 18.5 Å². The number of carbonyl (C=O) groups is 2. The molecule has 1 aliphatic rings. The molecule has 0 saturated carbocycles. The van der Waals surface area contributed by atoms with Gasteiger partial charge >= 0.3 is 6.18 Å². The Bertz CT molecular complexity index is 900. The van der Waals surface area contributed by atoms with Crippen LogP contribution in [0.3, 0.4) is 0 Å². The molecule has 2 amide bonds. The van der Waals surface area contributed by atoms with Gasteiger partial charge in [-0.25, -0.2) is 9.97 Å². The minimum absolute atomic E-state index is 0.317. The van der Waals surface area contributed by atoms with E-state index in [1.807, 2.05) is 4.90 Å². The van der Waals surface area contributed by atoms with E-state index in [-0.39, 0.29) is 0 Å². The molecule has 0 bridgehead atoms. The first kappa shape index (κ1) is 19.6. The second kappa shape index (κ2) is 7.87. The van der Waals surface area contributed by atoms with E-state index in [2.05, 4.69) is 15.0 Å². The number of aromatic amines is 1. The van der Waals surface area contributed by atoms with Gasteiger partial charge < -0.3 is 20.5 Å². The van der Waals surface area contributed by atoms with Gasteiger partial charge in [-0.2, -0.15) is 13.2 Å². The molecular weight excluding hydrogens is 377 g/mol. The highest BCUT2D eigenvalue weighted by Crippen LogP contribution is 2.23. The maximum atomic E-state index is 12.3. The van der Waals surface area contributed by atoms with Gasteiger partial charge in [0.15, 0.2) is 5.65 Å². The Hall–Kier alpha value is -3.11. The van der Waals surface area contributed by atoms with Gasteiger partial charge in [0.1, 0.15) is 11.3 Å². The van der Waals surface area contributed by atoms with Gasteiger partial charge in [0, 0.05) is 50.4 Å². The normalized spacial score (nSPS) is 15.5. The number of halogens is 3. The third-order valence-electron chi connectivity index (χ3n) is 4.40. The third-order valence-corrected chi connectivity index (χ3v) is 4.40. The lowest BCUT2D eigenvalue weighted by Gasteiger charge is -2.35. The summed E-state index contributed by atoms with van der Waals surface area (Å²) >= 11 is 0. The average molecular weight is 396 g/mol. The van der Waals surface area contributed by atoms with Crippen molar-refractivity contribution in [1.29, 1.82) is 0 Å². The molecule has 28 heavy (non-hydrogen) atoms. The van der Waals surface area contributed by atoms with Gasteiger partial charge in [-0.05, 0) is 6.08 Å². The van der Waals surface area contributed by atoms with Crippen LogP contribution in [-0.4, -0.2) is 64.0 Å². The molecule has 8 nitrogen and oxygen atoms in total. The quantitative estimate of drug-likeness (QED) is 0.744. The molecule has 150 valence electrons. The van der Waals surface area contributed by atoms with E-state index in [4.69, 9.17) is 5.73 Å². The standard InChI is InChI=1S/C17H19F3N6O2/c18-17(19,20)4-3-14(28)26-7-5-25(6-8-26)13-10-23-16-15(24-13)11(9-22-16)1-2-12(21)27/h1-2,9-10H,3-8H2,(H2,21,27)(H,22,23)/b2-1+. The van der Waals surface area contributed by atoms with Crippen molar-refractivity contribution >= 4 is 34.9 Å². The zero-order chi connectivity index (χ0) is 20.3. The molecule has 3 heterocycles. The number of carbonyl (C=O) groups excluding carboxylic acids is 2. The fourth-order valence-corrected chi connectivity index (χ4v) is 2.94. The molecular formula is C17H19F3N6O2. The van der Waals surface area contributed by atoms with Crippen LogP contribution in [0.25, 0.3) is 17.2 Å². The molecule has 3 N–H and O–H groups in total. The zero-order valence-corrected chi connectivity index (χ0v) is 14.9. The van der Waals surface area contributed by atoms with Crippen LogP contribution in [0.1, 0.15) is 18.4 Å². The molecule has 0 aliphatic carbocycles. The molecule has 0 spiro atoms. The number of rotatable bonds is 5. The number of fused-ring (bicyclic) bond motifs is 1. The van der Waals surface area contributed by atoms with Crippen molar-refractivity contribution in [2.24, 2.45) is 5.73 Å². The number of piperazine rings is 1. The Morgan fingerprint density at radius 3 is 2.61 bits per heavy atom. The van der Waals surface area contributed by atoms with E-state index in [0.717, 1.165) is 0 Å². The average Bonchev–Trinajstić information content (AvgIpc) is 3.06. The Labute approximate surface area is 158 Å².